The molecule has 1 saturated heterocycles. The monoisotopic (exact) mass is 633 g/mol. The third kappa shape index (κ3) is 6.24. The van der Waals surface area contributed by atoms with Crippen LogP contribution < -0.4 is 20.2 Å². The molecule has 1 heterocycles. The summed E-state index contributed by atoms with van der Waals surface area (Å²) in [6, 6.07) is 7.46. The first-order chi connectivity index (χ1) is 15.7. The van der Waals surface area contributed by atoms with E-state index in [0.29, 0.717) is 32.7 Å². The largest absolute Gasteiger partial charge is 0.493 e. The summed E-state index contributed by atoms with van der Waals surface area (Å²) in [7, 11) is 1.51. The zero-order valence-electron chi connectivity index (χ0n) is 16.8. The van der Waals surface area contributed by atoms with Gasteiger partial charge in [0, 0.05) is 5.69 Å². The van der Waals surface area contributed by atoms with Crippen molar-refractivity contribution < 1.29 is 19.1 Å². The van der Waals surface area contributed by atoms with Gasteiger partial charge in [-0.1, -0.05) is 40.9 Å². The molecule has 170 valence electrons. The van der Waals surface area contributed by atoms with Crippen LogP contribution in [-0.2, 0) is 4.79 Å². The first-order valence-corrected chi connectivity index (χ1v) is 12.0. The van der Waals surface area contributed by atoms with E-state index in [-0.39, 0.29) is 16.0 Å². The molecule has 0 aliphatic carbocycles. The number of ether oxygens (including phenoxy) is 2. The van der Waals surface area contributed by atoms with Crippen molar-refractivity contribution >= 4 is 97.8 Å². The number of benzene rings is 2. The smallest absolute Gasteiger partial charge is 0.338 e. The van der Waals surface area contributed by atoms with Gasteiger partial charge in [0.05, 0.1) is 25.6 Å². The molecule has 0 bridgehead atoms. The molecular formula is C21H14Cl2IN3O4S2. The zero-order valence-corrected chi connectivity index (χ0v) is 22.1. The normalized spacial score (nSPS) is 14.3. The van der Waals surface area contributed by atoms with E-state index in [2.05, 4.69) is 39.3 Å². The first kappa shape index (κ1) is 25.5. The van der Waals surface area contributed by atoms with E-state index >= 15 is 0 Å². The van der Waals surface area contributed by atoms with E-state index in [1.165, 1.54) is 13.2 Å². The predicted molar refractivity (Wildman–Crippen MR) is 144 cm³/mol. The van der Waals surface area contributed by atoms with Crippen molar-refractivity contribution in [3.8, 4) is 23.8 Å². The first-order valence-electron chi connectivity index (χ1n) is 8.98. The SMILES string of the molecule is C#CCOc1c(I)cc(/C=C2/SC(=S)N(NC(=O)Nc3ccc(Cl)c(Cl)c3)C2=O)cc1OC. The third-order valence-electron chi connectivity index (χ3n) is 4.03. The van der Waals surface area contributed by atoms with Gasteiger partial charge in [-0.15, -0.1) is 6.42 Å². The summed E-state index contributed by atoms with van der Waals surface area (Å²) < 4.78 is 11.8. The molecule has 0 unspecified atom stereocenters. The Morgan fingerprint density at radius 2 is 2.09 bits per heavy atom. The van der Waals surface area contributed by atoms with Crippen LogP contribution in [0.2, 0.25) is 10.0 Å². The average molecular weight is 634 g/mol. The number of urea groups is 1. The molecule has 2 aromatic carbocycles. The lowest BCUT2D eigenvalue weighted by molar-refractivity contribution is -0.123. The van der Waals surface area contributed by atoms with Gasteiger partial charge in [-0.25, -0.2) is 10.2 Å². The van der Waals surface area contributed by atoms with Crippen molar-refractivity contribution in [1.29, 1.82) is 0 Å². The van der Waals surface area contributed by atoms with Crippen LogP contribution >= 0.6 is 69.8 Å². The number of hydrogen-bond donors (Lipinski definition) is 2. The third-order valence-corrected chi connectivity index (χ3v) is 6.88. The van der Waals surface area contributed by atoms with E-state index in [1.807, 2.05) is 6.07 Å². The lowest BCUT2D eigenvalue weighted by Crippen LogP contribution is -2.46. The van der Waals surface area contributed by atoms with Gasteiger partial charge in [0.25, 0.3) is 5.91 Å². The average Bonchev–Trinajstić information content (AvgIpc) is 3.02. The van der Waals surface area contributed by atoms with Gasteiger partial charge >= 0.3 is 6.03 Å². The molecule has 0 spiro atoms. The van der Waals surface area contributed by atoms with Crippen LogP contribution in [0.4, 0.5) is 10.5 Å². The molecule has 1 aliphatic rings. The van der Waals surface area contributed by atoms with E-state index in [4.69, 9.17) is 51.3 Å². The Balaban J connectivity index is 1.75. The zero-order chi connectivity index (χ0) is 24.1. The number of amides is 3. The molecule has 1 aliphatic heterocycles. The van der Waals surface area contributed by atoms with Gasteiger partial charge in [-0.3, -0.25) is 4.79 Å². The quantitative estimate of drug-likeness (QED) is 0.188. The molecule has 3 amide bonds. The fraction of sp³-hybridized carbons (Fsp3) is 0.0952. The molecule has 1 fully saturated rings. The number of nitrogens with one attached hydrogen (secondary N) is 2. The number of carbonyl (C=O) groups excluding carboxylic acids is 2. The standard InChI is InChI=1S/C21H14Cl2IN3O4S2/c1-3-6-31-18-15(24)7-11(8-16(18)30-2)9-17-19(28)27(21(32)33-17)26-20(29)25-12-4-5-13(22)14(23)10-12/h1,4-5,7-10H,6H2,2H3,(H2,25,26,29)/b17-9+. The summed E-state index contributed by atoms with van der Waals surface area (Å²) in [6.45, 7) is 0.0975. The Morgan fingerprint density at radius 1 is 1.33 bits per heavy atom. The number of thioether (sulfide) groups is 1. The van der Waals surface area contributed by atoms with Crippen LogP contribution in [0.25, 0.3) is 6.08 Å². The number of halogens is 3. The molecule has 2 N–H and O–H groups in total. The lowest BCUT2D eigenvalue weighted by atomic mass is 10.2. The lowest BCUT2D eigenvalue weighted by Gasteiger charge is -2.16. The summed E-state index contributed by atoms with van der Waals surface area (Å²) in [6.07, 6.45) is 6.90. The second-order valence-electron chi connectivity index (χ2n) is 6.24. The minimum Gasteiger partial charge on any atom is -0.493 e. The maximum atomic E-state index is 12.8. The second-order valence-corrected chi connectivity index (χ2v) is 9.89. The van der Waals surface area contributed by atoms with Crippen LogP contribution in [0, 0.1) is 15.9 Å². The van der Waals surface area contributed by atoms with E-state index in [0.717, 1.165) is 20.3 Å². The maximum absolute atomic E-state index is 12.8. The molecule has 7 nitrogen and oxygen atoms in total. The highest BCUT2D eigenvalue weighted by molar-refractivity contribution is 14.1. The number of hydrogen-bond acceptors (Lipinski definition) is 6. The van der Waals surface area contributed by atoms with Gasteiger partial charge in [0.2, 0.25) is 0 Å². The van der Waals surface area contributed by atoms with Crippen molar-refractivity contribution in [3.63, 3.8) is 0 Å². The van der Waals surface area contributed by atoms with Crippen molar-refractivity contribution in [2.45, 2.75) is 0 Å². The van der Waals surface area contributed by atoms with Crippen molar-refractivity contribution in [3.05, 3.63) is 54.4 Å². The summed E-state index contributed by atoms with van der Waals surface area (Å²) in [5.74, 6) is 2.92. The Morgan fingerprint density at radius 3 is 2.76 bits per heavy atom. The summed E-state index contributed by atoms with van der Waals surface area (Å²) in [5.41, 5.74) is 3.52. The van der Waals surface area contributed by atoms with Crippen LogP contribution in [0.1, 0.15) is 5.56 Å². The van der Waals surface area contributed by atoms with Crippen LogP contribution in [0.15, 0.2) is 35.2 Å². The molecule has 0 radical (unpaired) electrons. The topological polar surface area (TPSA) is 79.9 Å². The van der Waals surface area contributed by atoms with Crippen LogP contribution in [0.5, 0.6) is 11.5 Å². The molecule has 3 rings (SSSR count). The van der Waals surface area contributed by atoms with E-state index in [1.54, 1.807) is 24.3 Å². The molecule has 0 saturated carbocycles. The minimum absolute atomic E-state index is 0.0975. The molecule has 33 heavy (non-hydrogen) atoms. The number of carbonyl (C=O) groups is 2. The minimum atomic E-state index is -0.669. The summed E-state index contributed by atoms with van der Waals surface area (Å²) in [4.78, 5) is 25.5. The highest BCUT2D eigenvalue weighted by Gasteiger charge is 2.33. The number of terminal acetylenes is 1. The number of methoxy groups -OCH3 is 1. The Labute approximate surface area is 223 Å². The number of nitrogens with zero attached hydrogens (tertiary/aromatic N) is 1. The van der Waals surface area contributed by atoms with Crippen LogP contribution in [0.3, 0.4) is 0 Å². The van der Waals surface area contributed by atoms with Gasteiger partial charge < -0.3 is 14.8 Å². The van der Waals surface area contributed by atoms with E-state index in [9.17, 15) is 9.59 Å². The van der Waals surface area contributed by atoms with Gasteiger partial charge in [0.15, 0.2) is 15.8 Å². The predicted octanol–water partition coefficient (Wildman–Crippen LogP) is 5.56. The van der Waals surface area contributed by atoms with Crippen LogP contribution in [-0.4, -0.2) is 35.0 Å². The maximum Gasteiger partial charge on any atom is 0.338 e. The highest BCUT2D eigenvalue weighted by Crippen LogP contribution is 2.37. The van der Waals surface area contributed by atoms with Crippen molar-refractivity contribution in [1.82, 2.24) is 10.4 Å². The Hall–Kier alpha value is -2.17. The number of anilines is 1. The van der Waals surface area contributed by atoms with E-state index < -0.39 is 11.9 Å². The van der Waals surface area contributed by atoms with Gasteiger partial charge in [0.1, 0.15) is 6.61 Å². The van der Waals surface area contributed by atoms with Crippen molar-refractivity contribution in [2.24, 2.45) is 0 Å². The second kappa shape index (κ2) is 11.3. The fourth-order valence-electron chi connectivity index (χ4n) is 2.63. The Bertz CT molecular complexity index is 1220. The number of hydrazine groups is 1. The number of thiocarbonyl (C=S) groups is 1. The van der Waals surface area contributed by atoms with Gasteiger partial charge in [-0.05, 0) is 76.8 Å². The molecular weight excluding hydrogens is 620 g/mol. The molecule has 0 aromatic heterocycles. The van der Waals surface area contributed by atoms with Gasteiger partial charge in [-0.2, -0.15) is 5.01 Å². The Kier molecular flexibility index (Phi) is 8.72. The van der Waals surface area contributed by atoms with Crippen molar-refractivity contribution in [2.75, 3.05) is 19.0 Å². The number of rotatable bonds is 6. The molecule has 0 atom stereocenters. The molecule has 2 aromatic rings. The highest BCUT2D eigenvalue weighted by atomic mass is 127. The molecule has 12 heteroatoms. The summed E-state index contributed by atoms with van der Waals surface area (Å²) >= 11 is 20.2. The summed E-state index contributed by atoms with van der Waals surface area (Å²) in [5, 5.41) is 4.19. The fourth-order valence-corrected chi connectivity index (χ4v) is 4.89.